The highest BCUT2D eigenvalue weighted by molar-refractivity contribution is 7.99. The Hall–Kier alpha value is -0.790. The normalized spacial score (nSPS) is 20.9. The first-order valence-corrected chi connectivity index (χ1v) is 5.77. The summed E-state index contributed by atoms with van der Waals surface area (Å²) in [6.07, 6.45) is 0.312. The lowest BCUT2D eigenvalue weighted by molar-refractivity contribution is -0.149. The Labute approximate surface area is 91.7 Å². The zero-order valence-electron chi connectivity index (χ0n) is 8.19. The standard InChI is InChI=1S/C8H14N2O4S/c11-7(10-14-4-8(12)13)3-6-5-15-2-1-9-6/h6,9H,1-5H2,(H,10,11)(H,12,13). The molecule has 1 aliphatic heterocycles. The van der Waals surface area contributed by atoms with Crippen molar-refractivity contribution in [2.24, 2.45) is 0 Å². The van der Waals surface area contributed by atoms with E-state index in [0.717, 1.165) is 18.1 Å². The van der Waals surface area contributed by atoms with Gasteiger partial charge in [0, 0.05) is 30.5 Å². The van der Waals surface area contributed by atoms with Crippen molar-refractivity contribution in [3.05, 3.63) is 0 Å². The van der Waals surface area contributed by atoms with Gasteiger partial charge in [-0.1, -0.05) is 0 Å². The predicted molar refractivity (Wildman–Crippen MR) is 55.5 cm³/mol. The third-order valence-corrected chi connectivity index (χ3v) is 2.94. The number of carbonyl (C=O) groups is 2. The zero-order valence-corrected chi connectivity index (χ0v) is 9.01. The summed E-state index contributed by atoms with van der Waals surface area (Å²) in [6.45, 7) is 0.386. The van der Waals surface area contributed by atoms with Crippen LogP contribution in [-0.4, -0.2) is 47.7 Å². The summed E-state index contributed by atoms with van der Waals surface area (Å²) in [6, 6.07) is 0.150. The molecule has 0 aromatic rings. The maximum absolute atomic E-state index is 11.2. The highest BCUT2D eigenvalue weighted by Gasteiger charge is 2.16. The number of hydrogen-bond donors (Lipinski definition) is 3. The van der Waals surface area contributed by atoms with Gasteiger partial charge in [0.2, 0.25) is 5.91 Å². The number of rotatable bonds is 5. The summed E-state index contributed by atoms with van der Waals surface area (Å²) in [7, 11) is 0. The Bertz CT molecular complexity index is 231. The summed E-state index contributed by atoms with van der Waals surface area (Å²) in [5, 5.41) is 11.5. The van der Waals surface area contributed by atoms with Gasteiger partial charge in [0.25, 0.3) is 0 Å². The minimum atomic E-state index is -1.11. The van der Waals surface area contributed by atoms with Crippen LogP contribution >= 0.6 is 11.8 Å². The molecule has 0 radical (unpaired) electrons. The molecular formula is C8H14N2O4S. The first-order valence-electron chi connectivity index (χ1n) is 4.62. The van der Waals surface area contributed by atoms with Gasteiger partial charge in [-0.15, -0.1) is 0 Å². The van der Waals surface area contributed by atoms with Gasteiger partial charge in [0.1, 0.15) is 0 Å². The molecular weight excluding hydrogens is 220 g/mol. The second kappa shape index (κ2) is 6.65. The molecule has 86 valence electrons. The molecule has 1 heterocycles. The number of nitrogens with one attached hydrogen (secondary N) is 2. The van der Waals surface area contributed by atoms with E-state index in [1.165, 1.54) is 0 Å². The first kappa shape index (κ1) is 12.3. The topological polar surface area (TPSA) is 87.7 Å². The van der Waals surface area contributed by atoms with Crippen molar-refractivity contribution in [1.82, 2.24) is 10.8 Å². The largest absolute Gasteiger partial charge is 0.479 e. The quantitative estimate of drug-likeness (QED) is 0.541. The van der Waals surface area contributed by atoms with Crippen molar-refractivity contribution in [3.63, 3.8) is 0 Å². The minimum Gasteiger partial charge on any atom is -0.479 e. The molecule has 0 aliphatic carbocycles. The van der Waals surface area contributed by atoms with Gasteiger partial charge in [-0.05, 0) is 0 Å². The van der Waals surface area contributed by atoms with E-state index >= 15 is 0 Å². The maximum Gasteiger partial charge on any atom is 0.332 e. The number of carboxylic acid groups (broad SMARTS) is 1. The van der Waals surface area contributed by atoms with Gasteiger partial charge in [0.15, 0.2) is 6.61 Å². The van der Waals surface area contributed by atoms with E-state index in [4.69, 9.17) is 5.11 Å². The number of hydroxylamine groups is 1. The van der Waals surface area contributed by atoms with Gasteiger partial charge < -0.3 is 10.4 Å². The average Bonchev–Trinajstić information content (AvgIpc) is 2.18. The van der Waals surface area contributed by atoms with Crippen molar-refractivity contribution in [2.45, 2.75) is 12.5 Å². The molecule has 1 atom stereocenters. The summed E-state index contributed by atoms with van der Waals surface area (Å²) >= 11 is 1.80. The molecule has 1 unspecified atom stereocenters. The molecule has 6 nitrogen and oxygen atoms in total. The summed E-state index contributed by atoms with van der Waals surface area (Å²) in [5.74, 6) is 0.554. The lowest BCUT2D eigenvalue weighted by Crippen LogP contribution is -2.41. The molecule has 1 aliphatic rings. The van der Waals surface area contributed by atoms with Crippen molar-refractivity contribution < 1.29 is 19.5 Å². The third-order valence-electron chi connectivity index (χ3n) is 1.81. The number of hydrogen-bond acceptors (Lipinski definition) is 5. The van der Waals surface area contributed by atoms with Gasteiger partial charge >= 0.3 is 5.97 Å². The van der Waals surface area contributed by atoms with Gasteiger partial charge in [0.05, 0.1) is 0 Å². The van der Waals surface area contributed by atoms with E-state index < -0.39 is 12.6 Å². The minimum absolute atomic E-state index is 0.150. The molecule has 7 heteroatoms. The van der Waals surface area contributed by atoms with Crippen LogP contribution < -0.4 is 10.8 Å². The van der Waals surface area contributed by atoms with E-state index in [0.29, 0.717) is 6.42 Å². The van der Waals surface area contributed by atoms with Crippen molar-refractivity contribution in [1.29, 1.82) is 0 Å². The number of carboxylic acids is 1. The van der Waals surface area contributed by atoms with E-state index in [1.807, 2.05) is 0 Å². The van der Waals surface area contributed by atoms with Gasteiger partial charge in [-0.2, -0.15) is 11.8 Å². The monoisotopic (exact) mass is 234 g/mol. The second-order valence-corrected chi connectivity index (χ2v) is 4.29. The summed E-state index contributed by atoms with van der Waals surface area (Å²) < 4.78 is 0. The van der Waals surface area contributed by atoms with Crippen LogP contribution in [0.1, 0.15) is 6.42 Å². The highest BCUT2D eigenvalue weighted by Crippen LogP contribution is 2.09. The van der Waals surface area contributed by atoms with Crippen LogP contribution in [0.3, 0.4) is 0 Å². The Morgan fingerprint density at radius 2 is 2.40 bits per heavy atom. The van der Waals surface area contributed by atoms with E-state index in [9.17, 15) is 9.59 Å². The summed E-state index contributed by atoms with van der Waals surface area (Å²) in [4.78, 5) is 25.8. The molecule has 0 aromatic carbocycles. The Morgan fingerprint density at radius 1 is 1.60 bits per heavy atom. The molecule has 0 saturated carbocycles. The SMILES string of the molecule is O=C(O)CONC(=O)CC1CSCCN1. The van der Waals surface area contributed by atoms with Crippen LogP contribution in [0.2, 0.25) is 0 Å². The molecule has 3 N–H and O–H groups in total. The highest BCUT2D eigenvalue weighted by atomic mass is 32.2. The maximum atomic E-state index is 11.2. The zero-order chi connectivity index (χ0) is 11.1. The number of amides is 1. The fourth-order valence-corrected chi connectivity index (χ4v) is 2.14. The van der Waals surface area contributed by atoms with Crippen molar-refractivity contribution >= 4 is 23.6 Å². The average molecular weight is 234 g/mol. The number of carbonyl (C=O) groups excluding carboxylic acids is 1. The van der Waals surface area contributed by atoms with Crippen LogP contribution in [0, 0.1) is 0 Å². The summed E-state index contributed by atoms with van der Waals surface area (Å²) in [5.41, 5.74) is 2.09. The molecule has 0 aromatic heterocycles. The van der Waals surface area contributed by atoms with Gasteiger partial charge in [-0.25, -0.2) is 10.3 Å². The van der Waals surface area contributed by atoms with Crippen molar-refractivity contribution in [2.75, 3.05) is 24.7 Å². The van der Waals surface area contributed by atoms with Crippen LogP contribution in [0.5, 0.6) is 0 Å². The first-order chi connectivity index (χ1) is 7.18. The van der Waals surface area contributed by atoms with Crippen molar-refractivity contribution in [3.8, 4) is 0 Å². The lowest BCUT2D eigenvalue weighted by Gasteiger charge is -2.22. The number of aliphatic carboxylic acids is 1. The molecule has 0 bridgehead atoms. The number of thioether (sulfide) groups is 1. The lowest BCUT2D eigenvalue weighted by atomic mass is 10.2. The fourth-order valence-electron chi connectivity index (χ4n) is 1.19. The van der Waals surface area contributed by atoms with Crippen LogP contribution in [0.25, 0.3) is 0 Å². The van der Waals surface area contributed by atoms with Gasteiger partial charge in [-0.3, -0.25) is 9.63 Å². The second-order valence-electron chi connectivity index (χ2n) is 3.14. The van der Waals surface area contributed by atoms with Crippen LogP contribution in [-0.2, 0) is 14.4 Å². The Balaban J connectivity index is 2.09. The van der Waals surface area contributed by atoms with E-state index in [1.54, 1.807) is 11.8 Å². The molecule has 1 amide bonds. The molecule has 1 saturated heterocycles. The van der Waals surface area contributed by atoms with Crippen LogP contribution in [0.4, 0.5) is 0 Å². The van der Waals surface area contributed by atoms with E-state index in [2.05, 4.69) is 15.6 Å². The molecule has 0 spiro atoms. The fraction of sp³-hybridized carbons (Fsp3) is 0.750. The predicted octanol–water partition coefficient (Wildman–Crippen LogP) is -0.786. The van der Waals surface area contributed by atoms with Crippen LogP contribution in [0.15, 0.2) is 0 Å². The smallest absolute Gasteiger partial charge is 0.332 e. The third kappa shape index (κ3) is 5.60. The Kier molecular flexibility index (Phi) is 5.44. The molecule has 15 heavy (non-hydrogen) atoms. The Morgan fingerprint density at radius 3 is 3.00 bits per heavy atom. The van der Waals surface area contributed by atoms with E-state index in [-0.39, 0.29) is 11.9 Å². The molecule has 1 fully saturated rings. The molecule has 1 rings (SSSR count).